The lowest BCUT2D eigenvalue weighted by Crippen LogP contribution is -2.57. The summed E-state index contributed by atoms with van der Waals surface area (Å²) in [6.45, 7) is 18.4. The fourth-order valence-corrected chi connectivity index (χ4v) is 9.31. The molecule has 0 spiro atoms. The van der Waals surface area contributed by atoms with E-state index in [0.717, 1.165) is 24.8 Å². The maximum Gasteiger partial charge on any atom is 0.155 e. The van der Waals surface area contributed by atoms with Crippen molar-refractivity contribution in [3.63, 3.8) is 0 Å². The van der Waals surface area contributed by atoms with Crippen LogP contribution in [0.1, 0.15) is 107 Å². The Bertz CT molecular complexity index is 871. The van der Waals surface area contributed by atoms with Crippen molar-refractivity contribution in [1.29, 1.82) is 0 Å². The third kappa shape index (κ3) is 3.25. The second-order valence-corrected chi connectivity index (χ2v) is 13.5. The van der Waals surface area contributed by atoms with E-state index in [0.29, 0.717) is 41.7 Å². The van der Waals surface area contributed by atoms with E-state index < -0.39 is 0 Å². The van der Waals surface area contributed by atoms with Crippen LogP contribution in [-0.4, -0.2) is 11.6 Å². The molecule has 4 aliphatic carbocycles. The summed E-state index contributed by atoms with van der Waals surface area (Å²) in [4.78, 5) is 25.4. The van der Waals surface area contributed by atoms with E-state index in [9.17, 15) is 9.59 Å². The molecule has 2 heteroatoms. The molecule has 7 atom stereocenters. The monoisotopic (exact) mass is 438 g/mol. The first kappa shape index (κ1) is 24.0. The Morgan fingerprint density at radius 1 is 1.09 bits per heavy atom. The van der Waals surface area contributed by atoms with E-state index >= 15 is 0 Å². The molecule has 0 unspecified atom stereocenters. The quantitative estimate of drug-likeness (QED) is 0.332. The first-order valence-electron chi connectivity index (χ1n) is 13.2. The van der Waals surface area contributed by atoms with E-state index in [1.807, 2.05) is 19.9 Å². The zero-order chi connectivity index (χ0) is 23.7. The lowest BCUT2D eigenvalue weighted by atomic mass is 9.41. The SMILES string of the molecule is CC(C)=CC(=O)C[C@@H](C)[C@H]1CC[C@@]2(C)C3=CC[C@H]4C(C)(C)C(=O)CC[C@]4(C)[C@@H]3CC[C@]12C. The van der Waals surface area contributed by atoms with Gasteiger partial charge in [0.05, 0.1) is 0 Å². The molecule has 3 saturated carbocycles. The van der Waals surface area contributed by atoms with Gasteiger partial charge in [-0.15, -0.1) is 0 Å². The van der Waals surface area contributed by atoms with Gasteiger partial charge in [0.25, 0.3) is 0 Å². The van der Waals surface area contributed by atoms with Crippen LogP contribution < -0.4 is 0 Å². The fourth-order valence-electron chi connectivity index (χ4n) is 9.31. The second-order valence-electron chi connectivity index (χ2n) is 13.5. The third-order valence-electron chi connectivity index (χ3n) is 11.3. The van der Waals surface area contributed by atoms with E-state index in [4.69, 9.17) is 0 Å². The highest BCUT2D eigenvalue weighted by Crippen LogP contribution is 2.73. The molecule has 0 N–H and O–H groups in total. The summed E-state index contributed by atoms with van der Waals surface area (Å²) in [5.41, 5.74) is 3.37. The minimum Gasteiger partial charge on any atom is -0.299 e. The molecule has 0 aromatic rings. The van der Waals surface area contributed by atoms with Gasteiger partial charge in [0.1, 0.15) is 5.78 Å². The maximum absolute atomic E-state index is 12.8. The number of rotatable bonds is 4. The van der Waals surface area contributed by atoms with Crippen LogP contribution in [0, 0.1) is 45.3 Å². The van der Waals surface area contributed by atoms with Crippen LogP contribution in [0.4, 0.5) is 0 Å². The number of fused-ring (bicyclic) bond motifs is 5. The van der Waals surface area contributed by atoms with Gasteiger partial charge in [-0.1, -0.05) is 58.8 Å². The largest absolute Gasteiger partial charge is 0.299 e. The average Bonchev–Trinajstić information content (AvgIpc) is 2.96. The molecule has 0 aromatic carbocycles. The first-order chi connectivity index (χ1) is 14.8. The zero-order valence-corrected chi connectivity index (χ0v) is 21.9. The summed E-state index contributed by atoms with van der Waals surface area (Å²) < 4.78 is 0. The summed E-state index contributed by atoms with van der Waals surface area (Å²) in [6, 6.07) is 0. The number of hydrogen-bond donors (Lipinski definition) is 0. The molecular weight excluding hydrogens is 392 g/mol. The van der Waals surface area contributed by atoms with Gasteiger partial charge >= 0.3 is 0 Å². The minimum absolute atomic E-state index is 0.200. The van der Waals surface area contributed by atoms with Gasteiger partial charge in [-0.3, -0.25) is 9.59 Å². The summed E-state index contributed by atoms with van der Waals surface area (Å²) in [5, 5.41) is 0. The van der Waals surface area contributed by atoms with Crippen molar-refractivity contribution in [2.75, 3.05) is 0 Å². The molecule has 0 saturated heterocycles. The number of Topliss-reactive ketones (excluding diaryl/α,β-unsaturated/α-hetero) is 1. The third-order valence-corrected chi connectivity index (χ3v) is 11.3. The van der Waals surface area contributed by atoms with Gasteiger partial charge in [-0.05, 0) is 98.4 Å². The molecule has 0 radical (unpaired) electrons. The van der Waals surface area contributed by atoms with E-state index in [1.165, 1.54) is 25.7 Å². The number of allylic oxidation sites excluding steroid dienone is 4. The van der Waals surface area contributed by atoms with Crippen LogP contribution in [0.5, 0.6) is 0 Å². The Morgan fingerprint density at radius 2 is 1.78 bits per heavy atom. The molecule has 32 heavy (non-hydrogen) atoms. The summed E-state index contributed by atoms with van der Waals surface area (Å²) in [7, 11) is 0. The number of ketones is 2. The van der Waals surface area contributed by atoms with Crippen molar-refractivity contribution < 1.29 is 9.59 Å². The van der Waals surface area contributed by atoms with Crippen LogP contribution in [0.3, 0.4) is 0 Å². The van der Waals surface area contributed by atoms with Crippen LogP contribution in [0.25, 0.3) is 0 Å². The van der Waals surface area contributed by atoms with Gasteiger partial charge in [0, 0.05) is 18.3 Å². The Hall–Kier alpha value is -1.18. The molecule has 3 fully saturated rings. The highest BCUT2D eigenvalue weighted by molar-refractivity contribution is 5.90. The van der Waals surface area contributed by atoms with Crippen LogP contribution >= 0.6 is 0 Å². The number of hydrogen-bond acceptors (Lipinski definition) is 2. The minimum atomic E-state index is -0.200. The van der Waals surface area contributed by atoms with E-state index in [2.05, 4.69) is 47.6 Å². The maximum atomic E-state index is 12.8. The van der Waals surface area contributed by atoms with Gasteiger partial charge in [-0.25, -0.2) is 0 Å². The van der Waals surface area contributed by atoms with Gasteiger partial charge in [0.2, 0.25) is 0 Å². The molecular formula is C30H46O2. The van der Waals surface area contributed by atoms with Crippen molar-refractivity contribution in [2.24, 2.45) is 45.3 Å². The average molecular weight is 439 g/mol. The molecule has 0 aliphatic heterocycles. The standard InChI is InChI=1S/C30H46O2/c1-19(2)17-21(31)18-20(3)22-11-15-30(8)24-9-10-25-27(4,5)26(32)13-14-28(25,6)23(24)12-16-29(22,30)7/h9,17,20,22-23,25H,10-16,18H2,1-8H3/t20-,22-,23-,25+,28-,29-,30+/m1/s1. The Labute approximate surface area is 196 Å². The summed E-state index contributed by atoms with van der Waals surface area (Å²) >= 11 is 0. The van der Waals surface area contributed by atoms with Crippen LogP contribution in [0.15, 0.2) is 23.3 Å². The predicted octanol–water partition coefficient (Wildman–Crippen LogP) is 7.72. The zero-order valence-electron chi connectivity index (χ0n) is 21.9. The molecule has 0 bridgehead atoms. The molecule has 2 nitrogen and oxygen atoms in total. The summed E-state index contributed by atoms with van der Waals surface area (Å²) in [6.07, 6.45) is 13.0. The van der Waals surface area contributed by atoms with Crippen molar-refractivity contribution in [3.05, 3.63) is 23.3 Å². The number of carbonyl (C=O) groups excluding carboxylic acids is 2. The van der Waals surface area contributed by atoms with Crippen LogP contribution in [0.2, 0.25) is 0 Å². The molecule has 4 aliphatic rings. The molecule has 178 valence electrons. The lowest BCUT2D eigenvalue weighted by Gasteiger charge is -2.63. The molecule has 0 aromatic heterocycles. The van der Waals surface area contributed by atoms with Gasteiger partial charge < -0.3 is 0 Å². The fraction of sp³-hybridized carbons (Fsp3) is 0.800. The molecule has 4 rings (SSSR count). The van der Waals surface area contributed by atoms with E-state index in [-0.39, 0.29) is 21.7 Å². The molecule has 0 amide bonds. The first-order valence-corrected chi connectivity index (χ1v) is 13.2. The number of carbonyl (C=O) groups is 2. The predicted molar refractivity (Wildman–Crippen MR) is 132 cm³/mol. The summed E-state index contributed by atoms with van der Waals surface area (Å²) in [5.74, 6) is 2.90. The lowest BCUT2D eigenvalue weighted by molar-refractivity contribution is -0.146. The highest BCUT2D eigenvalue weighted by atomic mass is 16.1. The Kier molecular flexibility index (Phi) is 5.74. The van der Waals surface area contributed by atoms with E-state index in [1.54, 1.807) is 5.57 Å². The van der Waals surface area contributed by atoms with Gasteiger partial charge in [-0.2, -0.15) is 0 Å². The van der Waals surface area contributed by atoms with Crippen molar-refractivity contribution in [1.82, 2.24) is 0 Å². The van der Waals surface area contributed by atoms with Gasteiger partial charge in [0.15, 0.2) is 5.78 Å². The topological polar surface area (TPSA) is 34.1 Å². The smallest absolute Gasteiger partial charge is 0.155 e. The molecule has 0 heterocycles. The van der Waals surface area contributed by atoms with Crippen LogP contribution in [-0.2, 0) is 9.59 Å². The normalized spacial score (nSPS) is 43.4. The van der Waals surface area contributed by atoms with Crippen molar-refractivity contribution in [3.8, 4) is 0 Å². The highest BCUT2D eigenvalue weighted by Gasteiger charge is 2.65. The van der Waals surface area contributed by atoms with Crippen molar-refractivity contribution >= 4 is 11.6 Å². The van der Waals surface area contributed by atoms with Crippen molar-refractivity contribution in [2.45, 2.75) is 107 Å². The second kappa shape index (κ2) is 7.67. The Morgan fingerprint density at radius 3 is 2.44 bits per heavy atom. The Balaban J connectivity index is 1.64.